The summed E-state index contributed by atoms with van der Waals surface area (Å²) in [6.07, 6.45) is 3.44. The molecule has 6 heteroatoms. The minimum absolute atomic E-state index is 0.147. The lowest BCUT2D eigenvalue weighted by molar-refractivity contribution is -0.121. The second kappa shape index (κ2) is 7.78. The van der Waals surface area contributed by atoms with E-state index in [4.69, 9.17) is 11.6 Å². The molecular weight excluding hydrogens is 290 g/mol. The molecule has 21 heavy (non-hydrogen) atoms. The summed E-state index contributed by atoms with van der Waals surface area (Å²) in [6.45, 7) is 0.594. The summed E-state index contributed by atoms with van der Waals surface area (Å²) < 4.78 is 0. The van der Waals surface area contributed by atoms with Crippen molar-refractivity contribution in [1.82, 2.24) is 10.7 Å². The Morgan fingerprint density at radius 3 is 2.81 bits per heavy atom. The van der Waals surface area contributed by atoms with Crippen molar-refractivity contribution in [3.8, 4) is 0 Å². The number of nitrogens with zero attached hydrogens (tertiary/aromatic N) is 1. The van der Waals surface area contributed by atoms with Gasteiger partial charge in [0.1, 0.15) is 5.71 Å². The maximum Gasteiger partial charge on any atom is 0.267 e. The Balaban J connectivity index is 1.65. The van der Waals surface area contributed by atoms with E-state index in [-0.39, 0.29) is 11.8 Å². The number of carbonyl (C=O) groups is 2. The van der Waals surface area contributed by atoms with Crippen LogP contribution in [0.2, 0.25) is 5.02 Å². The number of nitrogens with one attached hydrogen (secondary N) is 2. The van der Waals surface area contributed by atoms with Gasteiger partial charge in [-0.25, -0.2) is 5.43 Å². The molecule has 112 valence electrons. The van der Waals surface area contributed by atoms with Crippen molar-refractivity contribution in [3.05, 3.63) is 34.9 Å². The number of rotatable bonds is 6. The van der Waals surface area contributed by atoms with E-state index in [9.17, 15) is 9.59 Å². The summed E-state index contributed by atoms with van der Waals surface area (Å²) >= 11 is 6.08. The highest BCUT2D eigenvalue weighted by Crippen LogP contribution is 2.16. The largest absolute Gasteiger partial charge is 0.351 e. The Bertz CT molecular complexity index is 558. The average Bonchev–Trinajstić information content (AvgIpc) is 2.49. The molecule has 0 saturated carbocycles. The second-order valence-corrected chi connectivity index (χ2v) is 5.31. The number of unbranched alkanes of at least 4 members (excludes halogenated alkanes) is 1. The smallest absolute Gasteiger partial charge is 0.267 e. The Morgan fingerprint density at radius 1 is 1.29 bits per heavy atom. The zero-order valence-corrected chi connectivity index (χ0v) is 12.4. The summed E-state index contributed by atoms with van der Waals surface area (Å²) in [7, 11) is 0. The van der Waals surface area contributed by atoms with Crippen LogP contribution in [0.15, 0.2) is 29.4 Å². The fourth-order valence-electron chi connectivity index (χ4n) is 2.08. The highest BCUT2D eigenvalue weighted by Gasteiger charge is 2.17. The van der Waals surface area contributed by atoms with Gasteiger partial charge in [0, 0.05) is 24.4 Å². The van der Waals surface area contributed by atoms with Crippen LogP contribution < -0.4 is 10.7 Å². The summed E-state index contributed by atoms with van der Waals surface area (Å²) in [5, 5.41) is 7.36. The zero-order chi connectivity index (χ0) is 15.1. The molecule has 0 spiro atoms. The highest BCUT2D eigenvalue weighted by atomic mass is 35.5. The van der Waals surface area contributed by atoms with E-state index >= 15 is 0 Å². The monoisotopic (exact) mass is 307 g/mol. The van der Waals surface area contributed by atoms with Crippen molar-refractivity contribution in [3.63, 3.8) is 0 Å². The van der Waals surface area contributed by atoms with Gasteiger partial charge in [0.25, 0.3) is 5.91 Å². The second-order valence-electron chi connectivity index (χ2n) is 4.90. The van der Waals surface area contributed by atoms with Crippen molar-refractivity contribution in [2.24, 2.45) is 5.10 Å². The molecule has 2 N–H and O–H groups in total. The summed E-state index contributed by atoms with van der Waals surface area (Å²) in [5.41, 5.74) is 3.83. The molecule has 1 aliphatic heterocycles. The first-order valence-corrected chi connectivity index (χ1v) is 7.41. The van der Waals surface area contributed by atoms with Crippen LogP contribution in [-0.4, -0.2) is 24.1 Å². The van der Waals surface area contributed by atoms with Gasteiger partial charge in [-0.3, -0.25) is 9.59 Å². The molecule has 2 rings (SSSR count). The number of hydrogen-bond acceptors (Lipinski definition) is 3. The van der Waals surface area contributed by atoms with Crippen molar-refractivity contribution in [2.45, 2.75) is 32.1 Å². The number of amides is 2. The third-order valence-electron chi connectivity index (χ3n) is 3.28. The molecule has 0 saturated heterocycles. The van der Waals surface area contributed by atoms with Gasteiger partial charge in [0.15, 0.2) is 0 Å². The lowest BCUT2D eigenvalue weighted by atomic mass is 10.1. The van der Waals surface area contributed by atoms with E-state index in [1.807, 2.05) is 24.3 Å². The van der Waals surface area contributed by atoms with Gasteiger partial charge in [0.05, 0.1) is 0 Å². The molecule has 0 atom stereocenters. The van der Waals surface area contributed by atoms with Crippen LogP contribution in [0.3, 0.4) is 0 Å². The van der Waals surface area contributed by atoms with Gasteiger partial charge >= 0.3 is 0 Å². The third-order valence-corrected chi connectivity index (χ3v) is 3.65. The van der Waals surface area contributed by atoms with Gasteiger partial charge in [-0.1, -0.05) is 29.8 Å². The van der Waals surface area contributed by atoms with Crippen LogP contribution >= 0.6 is 11.6 Å². The van der Waals surface area contributed by atoms with Crippen LogP contribution in [0.25, 0.3) is 0 Å². The van der Waals surface area contributed by atoms with Gasteiger partial charge in [0.2, 0.25) is 5.91 Å². The van der Waals surface area contributed by atoms with Crippen LogP contribution in [0.5, 0.6) is 0 Å². The maximum atomic E-state index is 11.8. The average molecular weight is 308 g/mol. The van der Waals surface area contributed by atoms with Gasteiger partial charge in [-0.2, -0.15) is 5.10 Å². The normalized spacial score (nSPS) is 14.3. The minimum atomic E-state index is -0.201. The minimum Gasteiger partial charge on any atom is -0.351 e. The standard InChI is InChI=1S/C15H18ClN3O2/c16-12-7-2-1-5-11(12)6-3-4-10-17-15(21)13-8-9-14(20)19-18-13/h1-2,5,7H,3-4,6,8-10H2,(H,17,21)(H,19,20). The molecular formula is C15H18ClN3O2. The molecule has 1 aliphatic rings. The number of hydrogen-bond donors (Lipinski definition) is 2. The van der Waals surface area contributed by atoms with Crippen molar-refractivity contribution in [1.29, 1.82) is 0 Å². The van der Waals surface area contributed by atoms with E-state index in [1.165, 1.54) is 0 Å². The number of benzene rings is 1. The van der Waals surface area contributed by atoms with Gasteiger partial charge < -0.3 is 5.32 Å². The molecule has 1 aromatic carbocycles. The van der Waals surface area contributed by atoms with Crippen molar-refractivity contribution in [2.75, 3.05) is 6.54 Å². The zero-order valence-electron chi connectivity index (χ0n) is 11.7. The van der Waals surface area contributed by atoms with E-state index in [2.05, 4.69) is 15.8 Å². The molecule has 0 aliphatic carbocycles. The summed E-state index contributed by atoms with van der Waals surface area (Å²) in [6, 6.07) is 7.78. The molecule has 0 bridgehead atoms. The van der Waals surface area contributed by atoms with E-state index in [0.29, 0.717) is 25.1 Å². The summed E-state index contributed by atoms with van der Waals surface area (Å²) in [4.78, 5) is 22.7. The Morgan fingerprint density at radius 2 is 2.10 bits per heavy atom. The number of carbonyl (C=O) groups excluding carboxylic acids is 2. The van der Waals surface area contributed by atoms with E-state index < -0.39 is 0 Å². The number of hydrazone groups is 1. The van der Waals surface area contributed by atoms with Crippen LogP contribution in [0, 0.1) is 0 Å². The topological polar surface area (TPSA) is 70.6 Å². The maximum absolute atomic E-state index is 11.8. The Kier molecular flexibility index (Phi) is 5.75. The molecule has 2 amide bonds. The van der Waals surface area contributed by atoms with Crippen LogP contribution in [0.1, 0.15) is 31.2 Å². The predicted molar refractivity (Wildman–Crippen MR) is 82.2 cm³/mol. The first kappa shape index (κ1) is 15.5. The van der Waals surface area contributed by atoms with Gasteiger partial charge in [-0.15, -0.1) is 0 Å². The number of aryl methyl sites for hydroxylation is 1. The molecule has 0 fully saturated rings. The first-order valence-electron chi connectivity index (χ1n) is 7.04. The molecule has 0 radical (unpaired) electrons. The Hall–Kier alpha value is -1.88. The number of halogens is 1. The quantitative estimate of drug-likeness (QED) is 0.790. The Labute approximate surface area is 128 Å². The van der Waals surface area contributed by atoms with Crippen molar-refractivity contribution < 1.29 is 9.59 Å². The molecule has 1 heterocycles. The van der Waals surface area contributed by atoms with Gasteiger partial charge in [-0.05, 0) is 30.9 Å². The molecule has 1 aromatic rings. The van der Waals surface area contributed by atoms with E-state index in [1.54, 1.807) is 0 Å². The third kappa shape index (κ3) is 4.86. The lowest BCUT2D eigenvalue weighted by Crippen LogP contribution is -2.37. The fraction of sp³-hybridized carbons (Fsp3) is 0.400. The molecule has 0 aromatic heterocycles. The summed E-state index contributed by atoms with van der Waals surface area (Å²) in [5.74, 6) is -0.348. The van der Waals surface area contributed by atoms with E-state index in [0.717, 1.165) is 29.8 Å². The first-order chi connectivity index (χ1) is 10.2. The van der Waals surface area contributed by atoms with Crippen LogP contribution in [0.4, 0.5) is 0 Å². The lowest BCUT2D eigenvalue weighted by Gasteiger charge is -2.11. The van der Waals surface area contributed by atoms with Crippen LogP contribution in [-0.2, 0) is 16.0 Å². The predicted octanol–water partition coefficient (Wildman–Crippen LogP) is 2.04. The van der Waals surface area contributed by atoms with Crippen molar-refractivity contribution >= 4 is 29.1 Å². The molecule has 5 nitrogen and oxygen atoms in total. The SMILES string of the molecule is O=C1CCC(C(=O)NCCCCc2ccccc2Cl)=NN1. The fourth-order valence-corrected chi connectivity index (χ4v) is 2.31. The molecule has 0 unspecified atom stereocenters. The highest BCUT2D eigenvalue weighted by molar-refractivity contribution is 6.39.